The molecule has 0 spiro atoms. The van der Waals surface area contributed by atoms with Gasteiger partial charge in [-0.1, -0.05) is 0 Å². The van der Waals surface area contributed by atoms with Gasteiger partial charge in [-0.25, -0.2) is 0 Å². The van der Waals surface area contributed by atoms with Gasteiger partial charge < -0.3 is 9.64 Å². The molecule has 108 valence electrons. The molecule has 0 radical (unpaired) electrons. The van der Waals surface area contributed by atoms with Gasteiger partial charge in [0.05, 0.1) is 0 Å². The molecule has 0 bridgehead atoms. The molecule has 20 heavy (non-hydrogen) atoms. The summed E-state index contributed by atoms with van der Waals surface area (Å²) >= 11 is 1.99. The zero-order valence-electron chi connectivity index (χ0n) is 12.1. The van der Waals surface area contributed by atoms with Crippen molar-refractivity contribution in [3.8, 4) is 5.75 Å². The summed E-state index contributed by atoms with van der Waals surface area (Å²) in [6, 6.07) is 6.24. The Labute approximate surface area is 124 Å². The van der Waals surface area contributed by atoms with Gasteiger partial charge in [0, 0.05) is 25.1 Å². The monoisotopic (exact) mass is 291 g/mol. The van der Waals surface area contributed by atoms with Crippen LogP contribution in [0.5, 0.6) is 5.75 Å². The van der Waals surface area contributed by atoms with E-state index in [1.165, 1.54) is 0 Å². The Balaban J connectivity index is 1.75. The molecule has 0 aliphatic carbocycles. The lowest BCUT2D eigenvalue weighted by atomic mass is 10.0. The molecule has 1 aromatic carbocycles. The predicted molar refractivity (Wildman–Crippen MR) is 82.7 cm³/mol. The van der Waals surface area contributed by atoms with E-state index >= 15 is 0 Å². The van der Waals surface area contributed by atoms with E-state index in [0.29, 0.717) is 6.04 Å². The zero-order chi connectivity index (χ0) is 14.1. The molecule has 0 N–H and O–H groups in total. The Morgan fingerprint density at radius 3 is 2.85 bits per heavy atom. The van der Waals surface area contributed by atoms with Gasteiger partial charge >= 0.3 is 0 Å². The summed E-state index contributed by atoms with van der Waals surface area (Å²) in [6.45, 7) is 2.06. The molecular formula is C16H21NO2S. The van der Waals surface area contributed by atoms with Crippen LogP contribution in [0.15, 0.2) is 18.2 Å². The molecule has 1 unspecified atom stereocenters. The van der Waals surface area contributed by atoms with Gasteiger partial charge in [-0.05, 0) is 55.0 Å². The van der Waals surface area contributed by atoms with Crippen LogP contribution >= 0.6 is 11.8 Å². The van der Waals surface area contributed by atoms with Crippen LogP contribution in [-0.2, 0) is 6.42 Å². The molecule has 1 fully saturated rings. The van der Waals surface area contributed by atoms with Gasteiger partial charge in [-0.2, -0.15) is 11.8 Å². The molecule has 2 aliphatic heterocycles. The SMILES string of the molecule is CC1Cc2cc(C(=O)N(C)C3CCSCC3)ccc2O1. The minimum atomic E-state index is 0.143. The summed E-state index contributed by atoms with van der Waals surface area (Å²) in [6.07, 6.45) is 3.35. The van der Waals surface area contributed by atoms with E-state index in [0.717, 1.165) is 47.6 Å². The molecule has 0 saturated carbocycles. The van der Waals surface area contributed by atoms with E-state index < -0.39 is 0 Å². The van der Waals surface area contributed by atoms with Crippen molar-refractivity contribution in [2.24, 2.45) is 0 Å². The van der Waals surface area contributed by atoms with Crippen molar-refractivity contribution in [3.05, 3.63) is 29.3 Å². The number of thioether (sulfide) groups is 1. The highest BCUT2D eigenvalue weighted by Crippen LogP contribution is 2.30. The number of hydrogen-bond donors (Lipinski definition) is 0. The average molecular weight is 291 g/mol. The number of ether oxygens (including phenoxy) is 1. The first-order valence-electron chi connectivity index (χ1n) is 7.29. The number of carbonyl (C=O) groups is 1. The van der Waals surface area contributed by atoms with E-state index in [-0.39, 0.29) is 12.0 Å². The van der Waals surface area contributed by atoms with E-state index in [4.69, 9.17) is 4.74 Å². The topological polar surface area (TPSA) is 29.5 Å². The average Bonchev–Trinajstić information content (AvgIpc) is 2.85. The van der Waals surface area contributed by atoms with Crippen molar-refractivity contribution in [2.45, 2.75) is 38.3 Å². The van der Waals surface area contributed by atoms with Gasteiger partial charge in [-0.15, -0.1) is 0 Å². The number of amides is 1. The van der Waals surface area contributed by atoms with Crippen LogP contribution in [0.25, 0.3) is 0 Å². The van der Waals surface area contributed by atoms with E-state index in [1.54, 1.807) is 0 Å². The number of hydrogen-bond acceptors (Lipinski definition) is 3. The second-order valence-corrected chi connectivity index (χ2v) is 6.94. The fraction of sp³-hybridized carbons (Fsp3) is 0.562. The van der Waals surface area contributed by atoms with Crippen molar-refractivity contribution >= 4 is 17.7 Å². The zero-order valence-corrected chi connectivity index (χ0v) is 12.9. The lowest BCUT2D eigenvalue weighted by Crippen LogP contribution is -2.39. The van der Waals surface area contributed by atoms with Crippen molar-refractivity contribution in [2.75, 3.05) is 18.6 Å². The Kier molecular flexibility index (Phi) is 3.92. The van der Waals surface area contributed by atoms with E-state index in [9.17, 15) is 4.79 Å². The molecular weight excluding hydrogens is 270 g/mol. The largest absolute Gasteiger partial charge is 0.490 e. The van der Waals surface area contributed by atoms with Crippen LogP contribution in [0, 0.1) is 0 Å². The molecule has 1 amide bonds. The Bertz CT molecular complexity index is 511. The fourth-order valence-corrected chi connectivity index (χ4v) is 4.08. The third-order valence-corrected chi connectivity index (χ3v) is 5.25. The fourth-order valence-electron chi connectivity index (χ4n) is 3.00. The highest BCUT2D eigenvalue weighted by Gasteiger charge is 2.25. The normalized spacial score (nSPS) is 22.2. The first-order valence-corrected chi connectivity index (χ1v) is 8.45. The van der Waals surface area contributed by atoms with Gasteiger partial charge in [0.2, 0.25) is 0 Å². The van der Waals surface area contributed by atoms with Crippen LogP contribution in [0.1, 0.15) is 35.7 Å². The molecule has 4 heteroatoms. The molecule has 3 nitrogen and oxygen atoms in total. The smallest absolute Gasteiger partial charge is 0.253 e. The first-order chi connectivity index (χ1) is 9.65. The van der Waals surface area contributed by atoms with Crippen molar-refractivity contribution in [3.63, 3.8) is 0 Å². The summed E-state index contributed by atoms with van der Waals surface area (Å²) in [5, 5.41) is 0. The highest BCUT2D eigenvalue weighted by atomic mass is 32.2. The van der Waals surface area contributed by atoms with E-state index in [1.807, 2.05) is 41.9 Å². The number of fused-ring (bicyclic) bond motifs is 1. The maximum absolute atomic E-state index is 12.6. The third kappa shape index (κ3) is 2.66. The molecule has 3 rings (SSSR count). The lowest BCUT2D eigenvalue weighted by molar-refractivity contribution is 0.0723. The summed E-state index contributed by atoms with van der Waals surface area (Å²) in [7, 11) is 1.94. The molecule has 0 aromatic heterocycles. The molecule has 1 saturated heterocycles. The standard InChI is InChI=1S/C16H21NO2S/c1-11-9-13-10-12(3-4-15(13)19-11)16(18)17(2)14-5-7-20-8-6-14/h3-4,10-11,14H,5-9H2,1-2H3. The summed E-state index contributed by atoms with van der Waals surface area (Å²) in [4.78, 5) is 14.5. The van der Waals surface area contributed by atoms with Gasteiger partial charge in [-0.3, -0.25) is 4.79 Å². The minimum Gasteiger partial charge on any atom is -0.490 e. The highest BCUT2D eigenvalue weighted by molar-refractivity contribution is 7.99. The maximum Gasteiger partial charge on any atom is 0.253 e. The quantitative estimate of drug-likeness (QED) is 0.839. The second kappa shape index (κ2) is 5.68. The Hall–Kier alpha value is -1.16. The van der Waals surface area contributed by atoms with Gasteiger partial charge in [0.15, 0.2) is 0 Å². The van der Waals surface area contributed by atoms with E-state index in [2.05, 4.69) is 6.92 Å². The van der Waals surface area contributed by atoms with Gasteiger partial charge in [0.1, 0.15) is 11.9 Å². The van der Waals surface area contributed by atoms with Crippen LogP contribution in [0.3, 0.4) is 0 Å². The van der Waals surface area contributed by atoms with Crippen LogP contribution in [-0.4, -0.2) is 41.5 Å². The summed E-state index contributed by atoms with van der Waals surface area (Å²) in [5.74, 6) is 3.41. The Morgan fingerprint density at radius 1 is 1.35 bits per heavy atom. The van der Waals surface area contributed by atoms with Crippen molar-refractivity contribution in [1.29, 1.82) is 0 Å². The lowest BCUT2D eigenvalue weighted by Gasteiger charge is -2.31. The van der Waals surface area contributed by atoms with Crippen LogP contribution in [0.4, 0.5) is 0 Å². The number of benzene rings is 1. The Morgan fingerprint density at radius 2 is 2.10 bits per heavy atom. The van der Waals surface area contributed by atoms with Gasteiger partial charge in [0.25, 0.3) is 5.91 Å². The third-order valence-electron chi connectivity index (χ3n) is 4.20. The number of nitrogens with zero attached hydrogens (tertiary/aromatic N) is 1. The maximum atomic E-state index is 12.6. The second-order valence-electron chi connectivity index (χ2n) is 5.71. The van der Waals surface area contributed by atoms with Crippen molar-refractivity contribution < 1.29 is 9.53 Å². The molecule has 2 heterocycles. The number of carbonyl (C=O) groups excluding carboxylic acids is 1. The predicted octanol–water partition coefficient (Wildman–Crippen LogP) is 2.98. The van der Waals surface area contributed by atoms with Crippen molar-refractivity contribution in [1.82, 2.24) is 4.90 Å². The van der Waals surface area contributed by atoms with Crippen LogP contribution in [0.2, 0.25) is 0 Å². The minimum absolute atomic E-state index is 0.143. The summed E-state index contributed by atoms with van der Waals surface area (Å²) < 4.78 is 5.69. The first kappa shape index (κ1) is 13.8. The molecule has 1 aromatic rings. The number of rotatable bonds is 2. The molecule has 2 aliphatic rings. The van der Waals surface area contributed by atoms with Crippen LogP contribution < -0.4 is 4.74 Å². The summed E-state index contributed by atoms with van der Waals surface area (Å²) in [5.41, 5.74) is 1.96. The molecule has 1 atom stereocenters.